The van der Waals surface area contributed by atoms with Crippen LogP contribution in [0.3, 0.4) is 0 Å². The molecule has 4 nitrogen and oxygen atoms in total. The van der Waals surface area contributed by atoms with E-state index in [-0.39, 0.29) is 18.0 Å². The van der Waals surface area contributed by atoms with Crippen molar-refractivity contribution in [2.75, 3.05) is 13.2 Å². The van der Waals surface area contributed by atoms with Gasteiger partial charge in [0.15, 0.2) is 0 Å². The lowest BCUT2D eigenvalue weighted by Gasteiger charge is -2.29. The van der Waals surface area contributed by atoms with E-state index in [0.29, 0.717) is 0 Å². The van der Waals surface area contributed by atoms with Gasteiger partial charge in [-0.2, -0.15) is 0 Å². The zero-order valence-electron chi connectivity index (χ0n) is 14.7. The minimum Gasteiger partial charge on any atom is -0.465 e. The molecule has 132 valence electrons. The molecule has 2 aliphatic heterocycles. The lowest BCUT2D eigenvalue weighted by Crippen LogP contribution is -2.32. The Balaban J connectivity index is 1.45. The first-order valence-electron chi connectivity index (χ1n) is 8.89. The van der Waals surface area contributed by atoms with Crippen molar-refractivity contribution in [3.63, 3.8) is 0 Å². The van der Waals surface area contributed by atoms with E-state index < -0.39 is 0 Å². The maximum Gasteiger partial charge on any atom is 0.202 e. The highest BCUT2D eigenvalue weighted by molar-refractivity contribution is 5.41. The smallest absolute Gasteiger partial charge is 0.202 e. The van der Waals surface area contributed by atoms with Gasteiger partial charge in [0.25, 0.3) is 0 Å². The molecular weight excluding hydrogens is 316 g/mol. The zero-order chi connectivity index (χ0) is 17.3. The highest BCUT2D eigenvalue weighted by Crippen LogP contribution is 2.34. The predicted octanol–water partition coefficient (Wildman–Crippen LogP) is 4.26. The third-order valence-electron chi connectivity index (χ3n) is 5.00. The van der Waals surface area contributed by atoms with Crippen LogP contribution in [0.15, 0.2) is 48.5 Å². The summed E-state index contributed by atoms with van der Waals surface area (Å²) in [5.74, 6) is 1.71. The first-order chi connectivity index (χ1) is 12.1. The predicted molar refractivity (Wildman–Crippen MR) is 95.0 cm³/mol. The lowest BCUT2D eigenvalue weighted by molar-refractivity contribution is -0.165. The fourth-order valence-electron chi connectivity index (χ4n) is 2.98. The van der Waals surface area contributed by atoms with Gasteiger partial charge in [-0.1, -0.05) is 38.1 Å². The van der Waals surface area contributed by atoms with Gasteiger partial charge in [-0.3, -0.25) is 0 Å². The second-order valence-corrected chi connectivity index (χ2v) is 7.09. The fraction of sp³-hybridized carbons (Fsp3) is 0.429. The summed E-state index contributed by atoms with van der Waals surface area (Å²) in [4.78, 5) is 0. The number of hydrogen-bond donors (Lipinski definition) is 0. The first-order valence-corrected chi connectivity index (χ1v) is 8.89. The van der Waals surface area contributed by atoms with Gasteiger partial charge in [-0.25, -0.2) is 0 Å². The second kappa shape index (κ2) is 6.70. The molecule has 2 aromatic rings. The van der Waals surface area contributed by atoms with Crippen LogP contribution in [0.2, 0.25) is 0 Å². The van der Waals surface area contributed by atoms with E-state index in [1.165, 1.54) is 11.1 Å². The van der Waals surface area contributed by atoms with E-state index in [4.69, 9.17) is 18.9 Å². The van der Waals surface area contributed by atoms with Gasteiger partial charge >= 0.3 is 0 Å². The van der Waals surface area contributed by atoms with Crippen molar-refractivity contribution in [1.29, 1.82) is 0 Å². The molecule has 2 aromatic carbocycles. The monoisotopic (exact) mass is 340 g/mol. The van der Waals surface area contributed by atoms with Crippen molar-refractivity contribution in [3.05, 3.63) is 59.7 Å². The lowest BCUT2D eigenvalue weighted by atomic mass is 9.78. The van der Waals surface area contributed by atoms with Crippen molar-refractivity contribution in [1.82, 2.24) is 0 Å². The molecule has 0 bridgehead atoms. The third kappa shape index (κ3) is 3.51. The maximum atomic E-state index is 5.74. The van der Waals surface area contributed by atoms with Crippen LogP contribution >= 0.6 is 0 Å². The summed E-state index contributed by atoms with van der Waals surface area (Å²) in [5.41, 5.74) is 2.38. The van der Waals surface area contributed by atoms with Crippen LogP contribution in [-0.4, -0.2) is 25.8 Å². The van der Waals surface area contributed by atoms with Crippen molar-refractivity contribution >= 4 is 0 Å². The van der Waals surface area contributed by atoms with Gasteiger partial charge in [0, 0.05) is 18.3 Å². The molecule has 2 heterocycles. The highest BCUT2D eigenvalue weighted by Gasteiger charge is 2.25. The summed E-state index contributed by atoms with van der Waals surface area (Å²) in [6, 6.07) is 16.6. The Morgan fingerprint density at radius 2 is 1.08 bits per heavy atom. The Morgan fingerprint density at radius 1 is 0.720 bits per heavy atom. The Labute approximate surface area is 148 Å². The molecule has 0 spiro atoms. The van der Waals surface area contributed by atoms with E-state index in [0.717, 1.165) is 37.6 Å². The van der Waals surface area contributed by atoms with E-state index >= 15 is 0 Å². The van der Waals surface area contributed by atoms with Crippen LogP contribution in [-0.2, 0) is 14.9 Å². The van der Waals surface area contributed by atoms with Gasteiger partial charge in [0.1, 0.15) is 11.5 Å². The topological polar surface area (TPSA) is 36.9 Å². The summed E-state index contributed by atoms with van der Waals surface area (Å²) >= 11 is 0. The molecule has 0 aromatic heterocycles. The summed E-state index contributed by atoms with van der Waals surface area (Å²) in [7, 11) is 0. The fourth-order valence-corrected chi connectivity index (χ4v) is 2.98. The summed E-state index contributed by atoms with van der Waals surface area (Å²) in [5, 5.41) is 0. The van der Waals surface area contributed by atoms with Crippen LogP contribution in [0.4, 0.5) is 0 Å². The average molecular weight is 340 g/mol. The van der Waals surface area contributed by atoms with Crippen molar-refractivity contribution in [2.24, 2.45) is 0 Å². The Bertz CT molecular complexity index is 636. The van der Waals surface area contributed by atoms with Gasteiger partial charge < -0.3 is 18.9 Å². The average Bonchev–Trinajstić information content (AvgIpc) is 2.55. The minimum atomic E-state index is -0.100. The summed E-state index contributed by atoms with van der Waals surface area (Å²) in [6.07, 6.45) is 1.78. The minimum absolute atomic E-state index is 0.0777. The number of hydrogen-bond acceptors (Lipinski definition) is 4. The second-order valence-electron chi connectivity index (χ2n) is 7.09. The van der Waals surface area contributed by atoms with Crippen LogP contribution in [0.5, 0.6) is 11.5 Å². The molecule has 2 atom stereocenters. The quantitative estimate of drug-likeness (QED) is 0.787. The van der Waals surface area contributed by atoms with Crippen LogP contribution in [0, 0.1) is 0 Å². The molecule has 25 heavy (non-hydrogen) atoms. The SMILES string of the molecule is CC(C)(c1ccc(OC2CCO2)cc1)c1ccc(OC2CCO2)cc1. The molecule has 2 fully saturated rings. The Morgan fingerprint density at radius 3 is 1.36 bits per heavy atom. The molecule has 0 radical (unpaired) electrons. The number of benzene rings is 2. The van der Waals surface area contributed by atoms with Crippen LogP contribution in [0.25, 0.3) is 0 Å². The van der Waals surface area contributed by atoms with Crippen LogP contribution in [0.1, 0.15) is 37.8 Å². The number of ether oxygens (including phenoxy) is 4. The normalized spacial score (nSPS) is 22.6. The van der Waals surface area contributed by atoms with E-state index in [9.17, 15) is 0 Å². The molecule has 0 amide bonds. The van der Waals surface area contributed by atoms with Gasteiger partial charge in [-0.05, 0) is 35.4 Å². The molecule has 0 aliphatic carbocycles. The molecular formula is C21H24O4. The molecule has 0 N–H and O–H groups in total. The third-order valence-corrected chi connectivity index (χ3v) is 5.00. The molecule has 4 heteroatoms. The zero-order valence-corrected chi connectivity index (χ0v) is 14.7. The molecule has 2 aliphatic rings. The largest absolute Gasteiger partial charge is 0.465 e. The van der Waals surface area contributed by atoms with Crippen LogP contribution < -0.4 is 9.47 Å². The van der Waals surface area contributed by atoms with Gasteiger partial charge in [0.2, 0.25) is 12.6 Å². The standard InChI is InChI=1S/C21H24O4/c1-21(2,15-3-7-17(8-4-15)24-19-11-13-22-19)16-5-9-18(10-6-16)25-20-12-14-23-20/h3-10,19-20H,11-14H2,1-2H3. The van der Waals surface area contributed by atoms with E-state index in [1.54, 1.807) is 0 Å². The van der Waals surface area contributed by atoms with E-state index in [1.807, 2.05) is 24.3 Å². The van der Waals surface area contributed by atoms with Crippen molar-refractivity contribution in [3.8, 4) is 11.5 Å². The van der Waals surface area contributed by atoms with Crippen molar-refractivity contribution in [2.45, 2.75) is 44.7 Å². The molecule has 0 saturated carbocycles. The Kier molecular flexibility index (Phi) is 4.40. The van der Waals surface area contributed by atoms with Gasteiger partial charge in [0.05, 0.1) is 13.2 Å². The molecule has 2 saturated heterocycles. The van der Waals surface area contributed by atoms with E-state index in [2.05, 4.69) is 38.1 Å². The number of rotatable bonds is 6. The van der Waals surface area contributed by atoms with Gasteiger partial charge in [-0.15, -0.1) is 0 Å². The maximum absolute atomic E-state index is 5.74. The Hall–Kier alpha value is -2.04. The molecule has 2 unspecified atom stereocenters. The van der Waals surface area contributed by atoms with Crippen molar-refractivity contribution < 1.29 is 18.9 Å². The summed E-state index contributed by atoms with van der Waals surface area (Å²) < 4.78 is 22.1. The molecule has 4 rings (SSSR count). The summed E-state index contributed by atoms with van der Waals surface area (Å²) in [6.45, 7) is 6.04. The first kappa shape index (κ1) is 16.4. The highest BCUT2D eigenvalue weighted by atomic mass is 16.7.